The van der Waals surface area contributed by atoms with E-state index in [4.69, 9.17) is 10.00 Å². The van der Waals surface area contributed by atoms with Gasteiger partial charge < -0.3 is 10.1 Å². The largest absolute Gasteiger partial charge is 0.462 e. The average molecular weight is 320 g/mol. The molecule has 1 N–H and O–H groups in total. The van der Waals surface area contributed by atoms with E-state index in [1.807, 2.05) is 6.07 Å². The standard InChI is InChI=1S/C19H16N2O3/c1-2-24-19(23)15(12-20)13-21-17-11-7-6-10-16(17)18(22)14-8-4-3-5-9-14/h3-11,13,21H,2H2,1H3/b15-13-. The van der Waals surface area contributed by atoms with Crippen molar-refractivity contribution in [2.24, 2.45) is 0 Å². The third kappa shape index (κ3) is 4.08. The van der Waals surface area contributed by atoms with Crippen LogP contribution < -0.4 is 5.32 Å². The highest BCUT2D eigenvalue weighted by Gasteiger charge is 2.14. The Labute approximate surface area is 140 Å². The van der Waals surface area contributed by atoms with Crippen molar-refractivity contribution in [1.82, 2.24) is 0 Å². The van der Waals surface area contributed by atoms with E-state index in [2.05, 4.69) is 5.32 Å². The van der Waals surface area contributed by atoms with Gasteiger partial charge in [-0.15, -0.1) is 0 Å². The van der Waals surface area contributed by atoms with Gasteiger partial charge in [0, 0.05) is 23.0 Å². The highest BCUT2D eigenvalue weighted by Crippen LogP contribution is 2.19. The van der Waals surface area contributed by atoms with Gasteiger partial charge in [0.25, 0.3) is 0 Å². The number of carbonyl (C=O) groups excluding carboxylic acids is 2. The molecule has 0 radical (unpaired) electrons. The first-order valence-corrected chi connectivity index (χ1v) is 7.40. The molecule has 0 atom stereocenters. The average Bonchev–Trinajstić information content (AvgIpc) is 2.63. The number of ketones is 1. The molecule has 0 aliphatic heterocycles. The molecule has 0 bridgehead atoms. The summed E-state index contributed by atoms with van der Waals surface area (Å²) < 4.78 is 4.79. The van der Waals surface area contributed by atoms with E-state index in [1.165, 1.54) is 6.20 Å². The zero-order chi connectivity index (χ0) is 17.4. The molecule has 0 heterocycles. The number of para-hydroxylation sites is 1. The summed E-state index contributed by atoms with van der Waals surface area (Å²) in [5.74, 6) is -0.860. The molecule has 2 rings (SSSR count). The summed E-state index contributed by atoms with van der Waals surface area (Å²) in [5.41, 5.74) is 1.34. The maximum absolute atomic E-state index is 12.6. The normalized spacial score (nSPS) is 10.6. The van der Waals surface area contributed by atoms with Crippen LogP contribution in [0.3, 0.4) is 0 Å². The third-order valence-corrected chi connectivity index (χ3v) is 3.20. The Hall–Kier alpha value is -3.39. The number of nitrogens with one attached hydrogen (secondary N) is 1. The summed E-state index contributed by atoms with van der Waals surface area (Å²) >= 11 is 0. The van der Waals surface area contributed by atoms with Crippen molar-refractivity contribution in [2.75, 3.05) is 11.9 Å². The van der Waals surface area contributed by atoms with Crippen LogP contribution in [0.15, 0.2) is 66.4 Å². The van der Waals surface area contributed by atoms with E-state index in [-0.39, 0.29) is 18.0 Å². The molecule has 120 valence electrons. The summed E-state index contributed by atoms with van der Waals surface area (Å²) in [7, 11) is 0. The van der Waals surface area contributed by atoms with E-state index >= 15 is 0 Å². The van der Waals surface area contributed by atoms with Crippen molar-refractivity contribution in [3.63, 3.8) is 0 Å². The first-order valence-electron chi connectivity index (χ1n) is 7.40. The van der Waals surface area contributed by atoms with Crippen molar-refractivity contribution in [3.8, 4) is 6.07 Å². The van der Waals surface area contributed by atoms with Gasteiger partial charge in [0.1, 0.15) is 6.07 Å². The molecule has 5 nitrogen and oxygen atoms in total. The lowest BCUT2D eigenvalue weighted by atomic mass is 10.0. The van der Waals surface area contributed by atoms with Crippen molar-refractivity contribution >= 4 is 17.4 Å². The van der Waals surface area contributed by atoms with Crippen LogP contribution in [-0.4, -0.2) is 18.4 Å². The van der Waals surface area contributed by atoms with E-state index in [0.29, 0.717) is 16.8 Å². The summed E-state index contributed by atoms with van der Waals surface area (Å²) in [6.45, 7) is 1.84. The van der Waals surface area contributed by atoms with Crippen molar-refractivity contribution in [2.45, 2.75) is 6.92 Å². The molecule has 0 amide bonds. The van der Waals surface area contributed by atoms with Crippen molar-refractivity contribution in [1.29, 1.82) is 5.26 Å². The van der Waals surface area contributed by atoms with Gasteiger partial charge in [-0.05, 0) is 19.1 Å². The van der Waals surface area contributed by atoms with Crippen LogP contribution in [0.1, 0.15) is 22.8 Å². The number of nitrogens with zero attached hydrogens (tertiary/aromatic N) is 1. The zero-order valence-electron chi connectivity index (χ0n) is 13.2. The number of carbonyl (C=O) groups is 2. The Morgan fingerprint density at radius 3 is 2.46 bits per heavy atom. The van der Waals surface area contributed by atoms with E-state index in [9.17, 15) is 9.59 Å². The van der Waals surface area contributed by atoms with Crippen LogP contribution in [-0.2, 0) is 9.53 Å². The van der Waals surface area contributed by atoms with Gasteiger partial charge >= 0.3 is 5.97 Å². The number of rotatable bonds is 6. The Kier molecular flexibility index (Phi) is 5.87. The minimum Gasteiger partial charge on any atom is -0.462 e. The Morgan fingerprint density at radius 2 is 1.79 bits per heavy atom. The van der Waals surface area contributed by atoms with Gasteiger partial charge in [0.2, 0.25) is 0 Å². The van der Waals surface area contributed by atoms with Crippen molar-refractivity contribution < 1.29 is 14.3 Å². The quantitative estimate of drug-likeness (QED) is 0.382. The monoisotopic (exact) mass is 320 g/mol. The minimum absolute atomic E-state index is 0.151. The topological polar surface area (TPSA) is 79.2 Å². The number of anilines is 1. The van der Waals surface area contributed by atoms with Gasteiger partial charge in [0.15, 0.2) is 11.4 Å². The molecular weight excluding hydrogens is 304 g/mol. The summed E-state index contributed by atoms with van der Waals surface area (Å²) in [4.78, 5) is 24.2. The lowest BCUT2D eigenvalue weighted by Crippen LogP contribution is -2.09. The highest BCUT2D eigenvalue weighted by molar-refractivity contribution is 6.12. The second kappa shape index (κ2) is 8.30. The predicted octanol–water partition coefficient (Wildman–Crippen LogP) is 3.30. The molecule has 2 aromatic rings. The lowest BCUT2D eigenvalue weighted by Gasteiger charge is -2.09. The number of hydrogen-bond donors (Lipinski definition) is 1. The van der Waals surface area contributed by atoms with Crippen LogP contribution in [0.4, 0.5) is 5.69 Å². The second-order valence-corrected chi connectivity index (χ2v) is 4.78. The summed E-state index contributed by atoms with van der Waals surface area (Å²) in [6, 6.07) is 17.5. The predicted molar refractivity (Wildman–Crippen MR) is 90.3 cm³/mol. The zero-order valence-corrected chi connectivity index (χ0v) is 13.2. The first kappa shape index (κ1) is 17.0. The SMILES string of the molecule is CCOC(=O)/C(C#N)=C\Nc1ccccc1C(=O)c1ccccc1. The summed E-state index contributed by atoms with van der Waals surface area (Å²) in [5, 5.41) is 11.9. The van der Waals surface area contributed by atoms with Crippen LogP contribution in [0, 0.1) is 11.3 Å². The minimum atomic E-state index is -0.709. The first-order chi connectivity index (χ1) is 11.7. The van der Waals surface area contributed by atoms with Crippen LogP contribution in [0.2, 0.25) is 0 Å². The molecule has 0 saturated heterocycles. The summed E-state index contributed by atoms with van der Waals surface area (Å²) in [6.07, 6.45) is 1.25. The number of benzene rings is 2. The molecule has 0 aromatic heterocycles. The Balaban J connectivity index is 2.28. The van der Waals surface area contributed by atoms with Crippen molar-refractivity contribution in [3.05, 3.63) is 77.5 Å². The number of nitriles is 1. The van der Waals surface area contributed by atoms with E-state index in [1.54, 1.807) is 61.5 Å². The fraction of sp³-hybridized carbons (Fsp3) is 0.105. The Bertz CT molecular complexity index is 805. The molecule has 0 aliphatic rings. The van der Waals surface area contributed by atoms with Gasteiger partial charge in [0.05, 0.1) is 6.61 Å². The molecule has 24 heavy (non-hydrogen) atoms. The maximum atomic E-state index is 12.6. The molecule has 0 saturated carbocycles. The van der Waals surface area contributed by atoms with Gasteiger partial charge in [-0.3, -0.25) is 4.79 Å². The molecule has 0 fully saturated rings. The lowest BCUT2D eigenvalue weighted by molar-refractivity contribution is -0.138. The smallest absolute Gasteiger partial charge is 0.350 e. The van der Waals surface area contributed by atoms with Crippen LogP contribution in [0.25, 0.3) is 0 Å². The Morgan fingerprint density at radius 1 is 1.12 bits per heavy atom. The second-order valence-electron chi connectivity index (χ2n) is 4.78. The number of esters is 1. The number of ether oxygens (including phenoxy) is 1. The van der Waals surface area contributed by atoms with Crippen LogP contribution in [0.5, 0.6) is 0 Å². The van der Waals surface area contributed by atoms with E-state index < -0.39 is 5.97 Å². The van der Waals surface area contributed by atoms with Gasteiger partial charge in [-0.1, -0.05) is 42.5 Å². The molecule has 0 unspecified atom stereocenters. The molecule has 0 spiro atoms. The molecule has 2 aromatic carbocycles. The molecule has 0 aliphatic carbocycles. The number of hydrogen-bond acceptors (Lipinski definition) is 5. The van der Waals surface area contributed by atoms with Gasteiger partial charge in [-0.25, -0.2) is 4.79 Å². The fourth-order valence-electron chi connectivity index (χ4n) is 2.05. The van der Waals surface area contributed by atoms with Gasteiger partial charge in [-0.2, -0.15) is 5.26 Å². The van der Waals surface area contributed by atoms with Crippen LogP contribution >= 0.6 is 0 Å². The molecule has 5 heteroatoms. The third-order valence-electron chi connectivity index (χ3n) is 3.20. The van der Waals surface area contributed by atoms with E-state index in [0.717, 1.165) is 0 Å². The highest BCUT2D eigenvalue weighted by atomic mass is 16.5. The fourth-order valence-corrected chi connectivity index (χ4v) is 2.05. The maximum Gasteiger partial charge on any atom is 0.350 e. The molecular formula is C19H16N2O3.